The van der Waals surface area contributed by atoms with Crippen molar-refractivity contribution in [3.8, 4) is 0 Å². The molecule has 10 heteroatoms. The van der Waals surface area contributed by atoms with E-state index in [2.05, 4.69) is 20.3 Å². The van der Waals surface area contributed by atoms with Gasteiger partial charge in [0.25, 0.3) is 10.0 Å². The van der Waals surface area contributed by atoms with Crippen molar-refractivity contribution in [3.63, 3.8) is 0 Å². The minimum atomic E-state index is -4.11. The highest BCUT2D eigenvalue weighted by Gasteiger charge is 2.23. The molecule has 1 aromatic carbocycles. The van der Waals surface area contributed by atoms with Crippen molar-refractivity contribution in [1.29, 1.82) is 0 Å². The predicted octanol–water partition coefficient (Wildman–Crippen LogP) is 4.71. The van der Waals surface area contributed by atoms with Crippen LogP contribution < -0.4 is 15.4 Å². The second kappa shape index (κ2) is 10.1. The molecule has 1 aromatic heterocycles. The Hall–Kier alpha value is -1.42. The van der Waals surface area contributed by atoms with Gasteiger partial charge in [0.1, 0.15) is 10.7 Å². The first kappa shape index (κ1) is 22.3. The standard InChI is InChI=1S/C19H26ClFN4O2S2/c1-22-14(9-13-5-3-2-4-6-13)12-24-17-11-16(21)18(10-15(17)20)29(26,27)25-19-23-7-8-28-19/h7-8,10-11,13-14,22,24H,2-6,9,12H2,1H3,(H,23,25). The molecule has 0 spiro atoms. The molecule has 1 aliphatic carbocycles. The zero-order valence-electron chi connectivity index (χ0n) is 16.2. The zero-order valence-corrected chi connectivity index (χ0v) is 18.6. The van der Waals surface area contributed by atoms with E-state index in [1.165, 1.54) is 38.3 Å². The Morgan fingerprint density at radius 1 is 1.31 bits per heavy atom. The summed E-state index contributed by atoms with van der Waals surface area (Å²) in [7, 11) is -2.20. The Kier molecular flexibility index (Phi) is 7.72. The number of sulfonamides is 1. The molecule has 0 saturated heterocycles. The van der Waals surface area contributed by atoms with Crippen LogP contribution in [0.15, 0.2) is 28.6 Å². The summed E-state index contributed by atoms with van der Waals surface area (Å²) in [6.07, 6.45) is 8.92. The summed E-state index contributed by atoms with van der Waals surface area (Å²) in [5.74, 6) is -0.158. The van der Waals surface area contributed by atoms with E-state index in [1.807, 2.05) is 7.05 Å². The Balaban J connectivity index is 1.66. The molecule has 1 heterocycles. The first-order valence-electron chi connectivity index (χ1n) is 9.71. The lowest BCUT2D eigenvalue weighted by Gasteiger charge is -2.27. The van der Waals surface area contributed by atoms with E-state index in [1.54, 1.807) is 5.38 Å². The maximum Gasteiger partial charge on any atom is 0.266 e. The van der Waals surface area contributed by atoms with Crippen LogP contribution in [-0.4, -0.2) is 33.0 Å². The maximum atomic E-state index is 14.6. The molecule has 6 nitrogen and oxygen atoms in total. The van der Waals surface area contributed by atoms with Crippen molar-refractivity contribution < 1.29 is 12.8 Å². The van der Waals surface area contributed by atoms with E-state index in [-0.39, 0.29) is 16.2 Å². The van der Waals surface area contributed by atoms with E-state index in [4.69, 9.17) is 11.6 Å². The molecule has 1 unspecified atom stereocenters. The lowest BCUT2D eigenvalue weighted by molar-refractivity contribution is 0.308. The van der Waals surface area contributed by atoms with Gasteiger partial charge in [0.2, 0.25) is 0 Å². The van der Waals surface area contributed by atoms with Gasteiger partial charge in [0, 0.05) is 24.2 Å². The lowest BCUT2D eigenvalue weighted by Crippen LogP contribution is -2.35. The fraction of sp³-hybridized carbons (Fsp3) is 0.526. The fourth-order valence-electron chi connectivity index (χ4n) is 3.68. The third-order valence-corrected chi connectivity index (χ3v) is 7.74. The first-order chi connectivity index (χ1) is 13.9. The molecule has 2 aromatic rings. The molecule has 1 atom stereocenters. The quantitative estimate of drug-likeness (QED) is 0.505. The first-order valence-corrected chi connectivity index (χ1v) is 12.5. The highest BCUT2D eigenvalue weighted by molar-refractivity contribution is 7.93. The van der Waals surface area contributed by atoms with Gasteiger partial charge >= 0.3 is 0 Å². The number of halogens is 2. The predicted molar refractivity (Wildman–Crippen MR) is 117 cm³/mol. The third kappa shape index (κ3) is 6.04. The Labute approximate surface area is 180 Å². The molecule has 29 heavy (non-hydrogen) atoms. The van der Waals surface area contributed by atoms with Crippen LogP contribution in [0.4, 0.5) is 15.2 Å². The molecule has 1 fully saturated rings. The normalized spacial score (nSPS) is 16.5. The molecule has 0 bridgehead atoms. The van der Waals surface area contributed by atoms with Crippen molar-refractivity contribution >= 4 is 43.8 Å². The second-order valence-corrected chi connectivity index (χ2v) is 10.3. The van der Waals surface area contributed by atoms with Gasteiger partial charge in [-0.3, -0.25) is 4.72 Å². The van der Waals surface area contributed by atoms with Crippen LogP contribution in [-0.2, 0) is 10.0 Å². The van der Waals surface area contributed by atoms with Crippen molar-refractivity contribution in [1.82, 2.24) is 10.3 Å². The summed E-state index contributed by atoms with van der Waals surface area (Å²) < 4.78 is 41.7. The van der Waals surface area contributed by atoms with Gasteiger partial charge in [0.15, 0.2) is 5.13 Å². The largest absolute Gasteiger partial charge is 0.382 e. The molecule has 0 aliphatic heterocycles. The Morgan fingerprint density at radius 2 is 2.07 bits per heavy atom. The highest BCUT2D eigenvalue weighted by Crippen LogP contribution is 2.30. The zero-order chi connectivity index (χ0) is 20.9. The Morgan fingerprint density at radius 3 is 2.72 bits per heavy atom. The number of anilines is 2. The summed E-state index contributed by atoms with van der Waals surface area (Å²) in [5.41, 5.74) is 0.376. The van der Waals surface area contributed by atoms with Gasteiger partial charge in [-0.2, -0.15) is 0 Å². The summed E-state index contributed by atoms with van der Waals surface area (Å²) in [6.45, 7) is 0.579. The highest BCUT2D eigenvalue weighted by atomic mass is 35.5. The van der Waals surface area contributed by atoms with Crippen molar-refractivity contribution in [2.75, 3.05) is 23.6 Å². The van der Waals surface area contributed by atoms with Crippen LogP contribution in [0, 0.1) is 11.7 Å². The number of hydrogen-bond acceptors (Lipinski definition) is 6. The number of benzene rings is 1. The van der Waals surface area contributed by atoms with Crippen LogP contribution in [0.25, 0.3) is 0 Å². The molecular formula is C19H26ClFN4O2S2. The second-order valence-electron chi connectivity index (χ2n) is 7.31. The van der Waals surface area contributed by atoms with Gasteiger partial charge in [-0.15, -0.1) is 11.3 Å². The number of nitrogens with zero attached hydrogens (tertiary/aromatic N) is 1. The monoisotopic (exact) mass is 460 g/mol. The van der Waals surface area contributed by atoms with Gasteiger partial charge in [-0.05, 0) is 31.5 Å². The molecule has 160 valence electrons. The van der Waals surface area contributed by atoms with Crippen molar-refractivity contribution in [2.45, 2.75) is 49.5 Å². The van der Waals surface area contributed by atoms with E-state index >= 15 is 0 Å². The van der Waals surface area contributed by atoms with Crippen LogP contribution >= 0.6 is 22.9 Å². The SMILES string of the molecule is CNC(CNc1cc(F)c(S(=O)(=O)Nc2nccs2)cc1Cl)CC1CCCCC1. The Bertz CT molecular complexity index is 903. The number of likely N-dealkylation sites (N-methyl/N-ethyl adjacent to an activating group) is 1. The van der Waals surface area contributed by atoms with Crippen LogP contribution in [0.5, 0.6) is 0 Å². The van der Waals surface area contributed by atoms with Crippen molar-refractivity contribution in [2.24, 2.45) is 5.92 Å². The lowest BCUT2D eigenvalue weighted by atomic mass is 9.85. The van der Waals surface area contributed by atoms with E-state index in [0.29, 0.717) is 18.2 Å². The van der Waals surface area contributed by atoms with Crippen LogP contribution in [0.1, 0.15) is 38.5 Å². The van der Waals surface area contributed by atoms with Gasteiger partial charge in [-0.25, -0.2) is 17.8 Å². The van der Waals surface area contributed by atoms with E-state index in [9.17, 15) is 12.8 Å². The van der Waals surface area contributed by atoms with Gasteiger partial charge in [0.05, 0.1) is 10.7 Å². The fourth-order valence-corrected chi connectivity index (χ4v) is 5.85. The smallest absolute Gasteiger partial charge is 0.266 e. The van der Waals surface area contributed by atoms with E-state index < -0.39 is 20.7 Å². The molecule has 1 saturated carbocycles. The number of aromatic nitrogens is 1. The van der Waals surface area contributed by atoms with Crippen LogP contribution in [0.3, 0.4) is 0 Å². The topological polar surface area (TPSA) is 83.1 Å². The number of thiazole rings is 1. The van der Waals surface area contributed by atoms with Crippen LogP contribution in [0.2, 0.25) is 5.02 Å². The molecule has 0 radical (unpaired) electrons. The maximum absolute atomic E-state index is 14.6. The molecule has 0 amide bonds. The third-order valence-electron chi connectivity index (χ3n) is 5.25. The molecular weight excluding hydrogens is 435 g/mol. The average molecular weight is 461 g/mol. The summed E-state index contributed by atoms with van der Waals surface area (Å²) >= 11 is 7.36. The summed E-state index contributed by atoms with van der Waals surface area (Å²) in [4.78, 5) is 3.35. The molecule has 1 aliphatic rings. The number of hydrogen-bond donors (Lipinski definition) is 3. The van der Waals surface area contributed by atoms with Crippen molar-refractivity contribution in [3.05, 3.63) is 34.5 Å². The number of rotatable bonds is 9. The van der Waals surface area contributed by atoms with Gasteiger partial charge in [-0.1, -0.05) is 43.7 Å². The summed E-state index contributed by atoms with van der Waals surface area (Å²) in [5, 5.41) is 8.41. The minimum Gasteiger partial charge on any atom is -0.382 e. The number of nitrogens with one attached hydrogen (secondary N) is 3. The van der Waals surface area contributed by atoms with E-state index in [0.717, 1.165) is 29.9 Å². The minimum absolute atomic E-state index is 0.151. The average Bonchev–Trinajstić information content (AvgIpc) is 3.20. The summed E-state index contributed by atoms with van der Waals surface area (Å²) in [6, 6.07) is 2.49. The van der Waals surface area contributed by atoms with Gasteiger partial charge < -0.3 is 10.6 Å². The molecule has 3 N–H and O–H groups in total. The molecule has 3 rings (SSSR count).